The molecule has 5 rings (SSSR count). The minimum atomic E-state index is -0.0433. The van der Waals surface area contributed by atoms with Crippen LogP contribution in [0.2, 0.25) is 0 Å². The zero-order chi connectivity index (χ0) is 20.4. The van der Waals surface area contributed by atoms with E-state index in [4.69, 9.17) is 4.74 Å². The maximum Gasteiger partial charge on any atom is 0.254 e. The second kappa shape index (κ2) is 6.09. The molecule has 0 spiro atoms. The summed E-state index contributed by atoms with van der Waals surface area (Å²) >= 11 is 0. The van der Waals surface area contributed by atoms with E-state index in [-0.39, 0.29) is 22.8 Å². The van der Waals surface area contributed by atoms with Crippen LogP contribution in [0, 0.1) is 5.41 Å². The van der Waals surface area contributed by atoms with Crippen LogP contribution >= 0.6 is 0 Å². The number of H-pyrrole nitrogens is 1. The SMILES string of the molecule is COc1cccc2c1C[C@H]1N(C(=O)c3ccc4nc[nH]c4c3)CC[C@@]2(C)C1(C)C. The quantitative estimate of drug-likeness (QED) is 0.710. The van der Waals surface area contributed by atoms with Gasteiger partial charge < -0.3 is 14.6 Å². The second-order valence-electron chi connectivity index (χ2n) is 9.14. The lowest BCUT2D eigenvalue weighted by Crippen LogP contribution is -2.64. The van der Waals surface area contributed by atoms with Crippen molar-refractivity contribution in [1.82, 2.24) is 14.9 Å². The zero-order valence-corrected chi connectivity index (χ0v) is 17.5. The number of aromatic amines is 1. The molecule has 3 aromatic rings. The van der Waals surface area contributed by atoms with Crippen LogP contribution in [0.1, 0.15) is 48.7 Å². The molecule has 1 aliphatic heterocycles. The highest BCUT2D eigenvalue weighted by Gasteiger charge is 2.57. The standard InChI is InChI=1S/C24H27N3O2/c1-23(2)21-13-16-17(6-5-7-20(16)29-4)24(23,3)10-11-27(21)22(28)15-8-9-18-19(12-15)26-14-25-18/h5-9,12,14,21H,10-11,13H2,1-4H3,(H,25,26)/t21-,24-/m1/s1. The van der Waals surface area contributed by atoms with Crippen LogP contribution in [0.5, 0.6) is 5.75 Å². The van der Waals surface area contributed by atoms with Gasteiger partial charge in [0.05, 0.1) is 24.5 Å². The summed E-state index contributed by atoms with van der Waals surface area (Å²) in [5.74, 6) is 1.03. The molecule has 2 aliphatic rings. The summed E-state index contributed by atoms with van der Waals surface area (Å²) in [6.07, 6.45) is 3.42. The van der Waals surface area contributed by atoms with Gasteiger partial charge in [-0.15, -0.1) is 0 Å². The summed E-state index contributed by atoms with van der Waals surface area (Å²) in [4.78, 5) is 23.1. The Kier molecular flexibility index (Phi) is 3.83. The first-order valence-electron chi connectivity index (χ1n) is 10.3. The number of carbonyl (C=O) groups is 1. The second-order valence-corrected chi connectivity index (χ2v) is 9.14. The molecule has 2 heterocycles. The van der Waals surface area contributed by atoms with E-state index in [1.54, 1.807) is 13.4 Å². The van der Waals surface area contributed by atoms with Gasteiger partial charge in [-0.2, -0.15) is 0 Å². The molecule has 1 aliphatic carbocycles. The number of benzene rings is 2. The predicted octanol–water partition coefficient (Wildman–Crippen LogP) is 4.33. The van der Waals surface area contributed by atoms with Crippen molar-refractivity contribution in [3.8, 4) is 5.75 Å². The van der Waals surface area contributed by atoms with Gasteiger partial charge in [-0.25, -0.2) is 4.98 Å². The summed E-state index contributed by atoms with van der Waals surface area (Å²) in [7, 11) is 1.73. The van der Waals surface area contributed by atoms with Crippen molar-refractivity contribution in [2.75, 3.05) is 13.7 Å². The van der Waals surface area contributed by atoms with Crippen molar-refractivity contribution in [3.63, 3.8) is 0 Å². The molecule has 0 saturated carbocycles. The molecule has 2 atom stereocenters. The van der Waals surface area contributed by atoms with E-state index >= 15 is 0 Å². The van der Waals surface area contributed by atoms with Crippen LogP contribution < -0.4 is 4.74 Å². The molecule has 1 saturated heterocycles. The highest BCUT2D eigenvalue weighted by Crippen LogP contribution is 2.57. The molecule has 1 amide bonds. The number of rotatable bonds is 2. The van der Waals surface area contributed by atoms with Gasteiger partial charge >= 0.3 is 0 Å². The van der Waals surface area contributed by atoms with Crippen molar-refractivity contribution >= 4 is 16.9 Å². The van der Waals surface area contributed by atoms with E-state index < -0.39 is 0 Å². The van der Waals surface area contributed by atoms with Crippen LogP contribution in [0.4, 0.5) is 0 Å². The lowest BCUT2D eigenvalue weighted by atomic mass is 9.51. The summed E-state index contributed by atoms with van der Waals surface area (Å²) in [6, 6.07) is 12.2. The number of hydrogen-bond acceptors (Lipinski definition) is 3. The first-order chi connectivity index (χ1) is 13.9. The van der Waals surface area contributed by atoms with E-state index in [1.807, 2.05) is 24.3 Å². The van der Waals surface area contributed by atoms with Crippen molar-refractivity contribution in [2.45, 2.75) is 45.1 Å². The van der Waals surface area contributed by atoms with E-state index in [2.05, 4.69) is 47.8 Å². The number of ether oxygens (including phenoxy) is 1. The predicted molar refractivity (Wildman–Crippen MR) is 113 cm³/mol. The molecular formula is C24H27N3O2. The Morgan fingerprint density at radius 2 is 2.07 bits per heavy atom. The first-order valence-corrected chi connectivity index (χ1v) is 10.3. The van der Waals surface area contributed by atoms with Gasteiger partial charge in [-0.3, -0.25) is 4.79 Å². The summed E-state index contributed by atoms with van der Waals surface area (Å²) in [6.45, 7) is 7.76. The van der Waals surface area contributed by atoms with Crippen LogP contribution in [0.15, 0.2) is 42.7 Å². The van der Waals surface area contributed by atoms with Gasteiger partial charge in [0.1, 0.15) is 5.75 Å². The molecule has 1 N–H and O–H groups in total. The zero-order valence-electron chi connectivity index (χ0n) is 17.5. The third-order valence-corrected chi connectivity index (χ3v) is 7.76. The average Bonchev–Trinajstić information content (AvgIpc) is 3.17. The van der Waals surface area contributed by atoms with E-state index in [0.717, 1.165) is 36.2 Å². The average molecular weight is 389 g/mol. The van der Waals surface area contributed by atoms with Crippen molar-refractivity contribution in [2.24, 2.45) is 5.41 Å². The number of piperidine rings is 1. The summed E-state index contributed by atoms with van der Waals surface area (Å²) in [5.41, 5.74) is 5.08. The minimum Gasteiger partial charge on any atom is -0.496 e. The van der Waals surface area contributed by atoms with Crippen molar-refractivity contribution in [1.29, 1.82) is 0 Å². The Morgan fingerprint density at radius 3 is 2.86 bits per heavy atom. The third kappa shape index (κ3) is 2.39. The molecule has 1 aromatic heterocycles. The third-order valence-electron chi connectivity index (χ3n) is 7.76. The van der Waals surface area contributed by atoms with E-state index in [0.29, 0.717) is 5.56 Å². The minimum absolute atomic E-state index is 0.00387. The normalized spacial score (nSPS) is 25.0. The fourth-order valence-corrected chi connectivity index (χ4v) is 5.58. The number of aromatic nitrogens is 2. The van der Waals surface area contributed by atoms with Gasteiger partial charge in [0.25, 0.3) is 5.91 Å². The van der Waals surface area contributed by atoms with Crippen LogP contribution in [-0.4, -0.2) is 40.5 Å². The number of nitrogens with zero attached hydrogens (tertiary/aromatic N) is 2. The van der Waals surface area contributed by atoms with Gasteiger partial charge in [-0.05, 0) is 53.6 Å². The van der Waals surface area contributed by atoms with Gasteiger partial charge in [-0.1, -0.05) is 32.9 Å². The largest absolute Gasteiger partial charge is 0.496 e. The monoisotopic (exact) mass is 389 g/mol. The Hall–Kier alpha value is -2.82. The number of fused-ring (bicyclic) bond motifs is 5. The fourth-order valence-electron chi connectivity index (χ4n) is 5.58. The molecule has 29 heavy (non-hydrogen) atoms. The van der Waals surface area contributed by atoms with Crippen LogP contribution in [0.3, 0.4) is 0 Å². The number of likely N-dealkylation sites (tertiary alicyclic amines) is 1. The van der Waals surface area contributed by atoms with Crippen molar-refractivity contribution in [3.05, 3.63) is 59.4 Å². The Balaban J connectivity index is 1.58. The fraction of sp³-hybridized carbons (Fsp3) is 0.417. The molecule has 5 nitrogen and oxygen atoms in total. The van der Waals surface area contributed by atoms with Gasteiger partial charge in [0.15, 0.2) is 0 Å². The van der Waals surface area contributed by atoms with Crippen LogP contribution in [-0.2, 0) is 11.8 Å². The smallest absolute Gasteiger partial charge is 0.254 e. The topological polar surface area (TPSA) is 58.2 Å². The Morgan fingerprint density at radius 1 is 1.24 bits per heavy atom. The highest BCUT2D eigenvalue weighted by molar-refractivity contribution is 5.97. The molecular weight excluding hydrogens is 362 g/mol. The number of carbonyl (C=O) groups excluding carboxylic acids is 1. The van der Waals surface area contributed by atoms with Crippen LogP contribution in [0.25, 0.3) is 11.0 Å². The maximum atomic E-state index is 13.6. The molecule has 2 aromatic carbocycles. The number of methoxy groups -OCH3 is 1. The number of nitrogens with one attached hydrogen (secondary N) is 1. The van der Waals surface area contributed by atoms with Gasteiger partial charge in [0, 0.05) is 23.6 Å². The first kappa shape index (κ1) is 18.2. The molecule has 150 valence electrons. The molecule has 0 radical (unpaired) electrons. The lowest BCUT2D eigenvalue weighted by molar-refractivity contribution is -0.0266. The highest BCUT2D eigenvalue weighted by atomic mass is 16.5. The molecule has 1 fully saturated rings. The summed E-state index contributed by atoms with van der Waals surface area (Å²) in [5, 5.41) is 0. The molecule has 2 bridgehead atoms. The van der Waals surface area contributed by atoms with Gasteiger partial charge in [0.2, 0.25) is 0 Å². The number of imidazole rings is 1. The number of amides is 1. The maximum absolute atomic E-state index is 13.6. The Bertz CT molecular complexity index is 1120. The number of hydrogen-bond donors (Lipinski definition) is 1. The Labute approximate surface area is 171 Å². The van der Waals surface area contributed by atoms with E-state index in [1.165, 1.54) is 11.1 Å². The van der Waals surface area contributed by atoms with E-state index in [9.17, 15) is 4.79 Å². The van der Waals surface area contributed by atoms with Crippen molar-refractivity contribution < 1.29 is 9.53 Å². The molecule has 0 unspecified atom stereocenters. The molecule has 5 heteroatoms. The lowest BCUT2D eigenvalue weighted by Gasteiger charge is -2.60. The summed E-state index contributed by atoms with van der Waals surface area (Å²) < 4.78 is 5.70.